The fourth-order valence-electron chi connectivity index (χ4n) is 3.75. The molecule has 5 nitrogen and oxygen atoms in total. The van der Waals surface area contributed by atoms with Gasteiger partial charge in [0, 0.05) is 22.3 Å². The third-order valence-electron chi connectivity index (χ3n) is 5.31. The van der Waals surface area contributed by atoms with E-state index in [-0.39, 0.29) is 16.8 Å². The largest absolute Gasteiger partial charge is 0.322 e. The summed E-state index contributed by atoms with van der Waals surface area (Å²) in [4.78, 5) is 12.8. The Morgan fingerprint density at radius 2 is 1.81 bits per heavy atom. The first-order valence-corrected chi connectivity index (χ1v) is 11.5. The molecule has 8 heteroatoms. The SMILES string of the molecule is Cc1ccc(Cl)cc1NC(=O)c1ccc2c(c1)C[C@@H](C)N2S(=O)(=O)c1ccc(F)cc1. The number of aryl methyl sites for hydroxylation is 1. The number of fused-ring (bicyclic) bond motifs is 1. The number of rotatable bonds is 4. The van der Waals surface area contributed by atoms with Gasteiger partial charge in [-0.2, -0.15) is 0 Å². The van der Waals surface area contributed by atoms with Crippen LogP contribution < -0.4 is 9.62 Å². The van der Waals surface area contributed by atoms with Gasteiger partial charge in [0.15, 0.2) is 0 Å². The van der Waals surface area contributed by atoms with E-state index in [0.717, 1.165) is 23.3 Å². The number of nitrogens with one attached hydrogen (secondary N) is 1. The molecule has 1 aliphatic rings. The number of carbonyl (C=O) groups excluding carboxylic acids is 1. The monoisotopic (exact) mass is 458 g/mol. The third kappa shape index (κ3) is 4.03. The molecular formula is C23H20ClFN2O3S. The Hall–Kier alpha value is -2.90. The highest BCUT2D eigenvalue weighted by Gasteiger charge is 2.36. The van der Waals surface area contributed by atoms with Crippen molar-refractivity contribution >= 4 is 38.9 Å². The fraction of sp³-hybridized carbons (Fsp3) is 0.174. The van der Waals surface area contributed by atoms with E-state index in [2.05, 4.69) is 5.32 Å². The molecule has 3 aromatic rings. The highest BCUT2D eigenvalue weighted by Crippen LogP contribution is 2.37. The lowest BCUT2D eigenvalue weighted by Gasteiger charge is -2.24. The molecule has 0 saturated carbocycles. The summed E-state index contributed by atoms with van der Waals surface area (Å²) in [5.74, 6) is -0.805. The van der Waals surface area contributed by atoms with Crippen LogP contribution in [0.15, 0.2) is 65.6 Å². The van der Waals surface area contributed by atoms with Crippen LogP contribution in [0.2, 0.25) is 5.02 Å². The van der Waals surface area contributed by atoms with Crippen molar-refractivity contribution in [3.8, 4) is 0 Å². The topological polar surface area (TPSA) is 66.5 Å². The summed E-state index contributed by atoms with van der Waals surface area (Å²) in [5, 5.41) is 3.37. The van der Waals surface area contributed by atoms with E-state index in [1.165, 1.54) is 16.4 Å². The minimum atomic E-state index is -3.86. The molecule has 31 heavy (non-hydrogen) atoms. The van der Waals surface area contributed by atoms with Crippen LogP contribution in [0.25, 0.3) is 0 Å². The molecule has 3 aromatic carbocycles. The number of amides is 1. The van der Waals surface area contributed by atoms with Crippen LogP contribution in [0, 0.1) is 12.7 Å². The van der Waals surface area contributed by atoms with Crippen LogP contribution in [0.5, 0.6) is 0 Å². The molecule has 0 spiro atoms. The van der Waals surface area contributed by atoms with Gasteiger partial charge in [-0.05, 0) is 86.0 Å². The molecular weight excluding hydrogens is 439 g/mol. The zero-order valence-corrected chi connectivity index (χ0v) is 18.5. The first-order valence-electron chi connectivity index (χ1n) is 9.67. The van der Waals surface area contributed by atoms with E-state index in [1.54, 1.807) is 37.3 Å². The summed E-state index contributed by atoms with van der Waals surface area (Å²) in [6.45, 7) is 3.67. The van der Waals surface area contributed by atoms with Gasteiger partial charge < -0.3 is 5.32 Å². The Balaban J connectivity index is 1.64. The van der Waals surface area contributed by atoms with Gasteiger partial charge in [-0.1, -0.05) is 17.7 Å². The van der Waals surface area contributed by atoms with Crippen LogP contribution in [0.3, 0.4) is 0 Å². The zero-order chi connectivity index (χ0) is 22.3. The maximum absolute atomic E-state index is 13.2. The molecule has 0 bridgehead atoms. The Morgan fingerprint density at radius 3 is 2.52 bits per heavy atom. The molecule has 0 unspecified atom stereocenters. The van der Waals surface area contributed by atoms with Crippen LogP contribution in [0.1, 0.15) is 28.4 Å². The summed E-state index contributed by atoms with van der Waals surface area (Å²) >= 11 is 6.02. The molecule has 1 atom stereocenters. The second-order valence-electron chi connectivity index (χ2n) is 7.56. The highest BCUT2D eigenvalue weighted by atomic mass is 35.5. The predicted octanol–water partition coefficient (Wildman–Crippen LogP) is 5.18. The second-order valence-corrected chi connectivity index (χ2v) is 9.82. The number of sulfonamides is 1. The lowest BCUT2D eigenvalue weighted by Crippen LogP contribution is -2.35. The van der Waals surface area contributed by atoms with Crippen molar-refractivity contribution in [3.05, 3.63) is 88.2 Å². The average Bonchev–Trinajstić information content (AvgIpc) is 3.06. The average molecular weight is 459 g/mol. The van der Waals surface area contributed by atoms with Crippen molar-refractivity contribution in [2.24, 2.45) is 0 Å². The van der Waals surface area contributed by atoms with Crippen molar-refractivity contribution in [1.82, 2.24) is 0 Å². The van der Waals surface area contributed by atoms with Gasteiger partial charge in [0.2, 0.25) is 0 Å². The van der Waals surface area contributed by atoms with Crippen LogP contribution in [-0.4, -0.2) is 20.4 Å². The van der Waals surface area contributed by atoms with Gasteiger partial charge in [0.05, 0.1) is 10.6 Å². The Labute approximate surface area is 185 Å². The normalized spacial score (nSPS) is 15.6. The number of benzene rings is 3. The third-order valence-corrected chi connectivity index (χ3v) is 7.49. The standard InChI is InChI=1S/C23H20ClFN2O3S/c1-14-3-5-18(24)13-21(14)26-23(28)16-4-10-22-17(12-16)11-15(2)27(22)31(29,30)20-8-6-19(25)7-9-20/h3-10,12-13,15H,11H2,1-2H3,(H,26,28)/t15-/m1/s1. The number of halogens is 2. The van der Waals surface area contributed by atoms with Gasteiger partial charge >= 0.3 is 0 Å². The maximum atomic E-state index is 13.2. The Morgan fingerprint density at radius 1 is 1.10 bits per heavy atom. The minimum Gasteiger partial charge on any atom is -0.322 e. The summed E-state index contributed by atoms with van der Waals surface area (Å²) in [6.07, 6.45) is 0.465. The summed E-state index contributed by atoms with van der Waals surface area (Å²) in [5.41, 5.74) is 3.20. The smallest absolute Gasteiger partial charge is 0.264 e. The Kier molecular flexibility index (Phi) is 5.49. The van der Waals surface area contributed by atoms with Gasteiger partial charge in [0.1, 0.15) is 5.82 Å². The quantitative estimate of drug-likeness (QED) is 0.585. The molecule has 1 aliphatic heterocycles. The summed E-state index contributed by atoms with van der Waals surface area (Å²) in [7, 11) is -3.86. The van der Waals surface area contributed by atoms with E-state index in [4.69, 9.17) is 11.6 Å². The van der Waals surface area contributed by atoms with E-state index < -0.39 is 15.8 Å². The molecule has 1 amide bonds. The zero-order valence-electron chi connectivity index (χ0n) is 16.9. The predicted molar refractivity (Wildman–Crippen MR) is 120 cm³/mol. The van der Waals surface area contributed by atoms with Crippen molar-refractivity contribution in [3.63, 3.8) is 0 Å². The van der Waals surface area contributed by atoms with E-state index >= 15 is 0 Å². The van der Waals surface area contributed by atoms with E-state index in [1.807, 2.05) is 13.0 Å². The number of hydrogen-bond donors (Lipinski definition) is 1. The van der Waals surface area contributed by atoms with Crippen molar-refractivity contribution < 1.29 is 17.6 Å². The molecule has 0 radical (unpaired) electrons. The molecule has 1 heterocycles. The van der Waals surface area contributed by atoms with Gasteiger partial charge in [-0.25, -0.2) is 12.8 Å². The number of hydrogen-bond acceptors (Lipinski definition) is 3. The Bertz CT molecular complexity index is 1280. The number of anilines is 2. The minimum absolute atomic E-state index is 0.0202. The molecule has 0 aromatic heterocycles. The molecule has 0 aliphatic carbocycles. The first kappa shape index (κ1) is 21.3. The summed E-state index contributed by atoms with van der Waals surface area (Å²) < 4.78 is 40.9. The van der Waals surface area contributed by atoms with Gasteiger partial charge in [-0.3, -0.25) is 9.10 Å². The number of nitrogens with zero attached hydrogens (tertiary/aromatic N) is 1. The lowest BCUT2D eigenvalue weighted by atomic mass is 10.1. The van der Waals surface area contributed by atoms with Crippen molar-refractivity contribution in [2.75, 3.05) is 9.62 Å². The van der Waals surface area contributed by atoms with Crippen LogP contribution >= 0.6 is 11.6 Å². The first-order chi connectivity index (χ1) is 14.7. The van der Waals surface area contributed by atoms with Gasteiger partial charge in [-0.15, -0.1) is 0 Å². The molecule has 0 saturated heterocycles. The maximum Gasteiger partial charge on any atom is 0.264 e. The fourth-order valence-corrected chi connectivity index (χ4v) is 5.62. The van der Waals surface area contributed by atoms with Crippen molar-refractivity contribution in [1.29, 1.82) is 0 Å². The molecule has 0 fully saturated rings. The lowest BCUT2D eigenvalue weighted by molar-refractivity contribution is 0.102. The van der Waals surface area contributed by atoms with Gasteiger partial charge in [0.25, 0.3) is 15.9 Å². The second kappa shape index (κ2) is 7.98. The van der Waals surface area contributed by atoms with Crippen LogP contribution in [0.4, 0.5) is 15.8 Å². The van der Waals surface area contributed by atoms with Crippen molar-refractivity contribution in [2.45, 2.75) is 31.2 Å². The van der Waals surface area contributed by atoms with Crippen LogP contribution in [-0.2, 0) is 16.4 Å². The molecule has 4 rings (SSSR count). The van der Waals surface area contributed by atoms with E-state index in [0.29, 0.717) is 28.4 Å². The molecule has 1 N–H and O–H groups in total. The van der Waals surface area contributed by atoms with E-state index in [9.17, 15) is 17.6 Å². The number of carbonyl (C=O) groups is 1. The highest BCUT2D eigenvalue weighted by molar-refractivity contribution is 7.92. The molecule has 160 valence electrons. The summed E-state index contributed by atoms with van der Waals surface area (Å²) in [6, 6.07) is 14.6.